The van der Waals surface area contributed by atoms with Gasteiger partial charge in [-0.3, -0.25) is 4.79 Å². The molecule has 1 aliphatic carbocycles. The predicted molar refractivity (Wildman–Crippen MR) is 97.7 cm³/mol. The van der Waals surface area contributed by atoms with E-state index >= 15 is 0 Å². The molecule has 6 nitrogen and oxygen atoms in total. The van der Waals surface area contributed by atoms with Crippen LogP contribution in [0, 0.1) is 5.82 Å². The highest BCUT2D eigenvalue weighted by Crippen LogP contribution is 2.42. The minimum Gasteiger partial charge on any atom is -0.477 e. The van der Waals surface area contributed by atoms with Crippen LogP contribution >= 0.6 is 11.6 Å². The van der Waals surface area contributed by atoms with E-state index in [1.54, 1.807) is 9.47 Å². The number of hydrogen-bond donors (Lipinski definition) is 2. The van der Waals surface area contributed by atoms with Gasteiger partial charge in [0.1, 0.15) is 11.4 Å². The van der Waals surface area contributed by atoms with E-state index in [0.717, 1.165) is 24.5 Å². The number of aromatic nitrogens is 1. The SMILES string of the molecule is C=C1CN(c2c(F)cc3c(=O)c(C(=O)O)cn(C4CC4)c3c2Cl)CC1N. The molecule has 1 aromatic heterocycles. The minimum absolute atomic E-state index is 0.0228. The van der Waals surface area contributed by atoms with Crippen molar-refractivity contribution in [1.82, 2.24) is 4.57 Å². The number of benzene rings is 1. The van der Waals surface area contributed by atoms with Crippen molar-refractivity contribution < 1.29 is 14.3 Å². The molecule has 1 aliphatic heterocycles. The lowest BCUT2D eigenvalue weighted by Crippen LogP contribution is -2.28. The van der Waals surface area contributed by atoms with Crippen molar-refractivity contribution in [2.45, 2.75) is 24.9 Å². The molecule has 2 fully saturated rings. The number of hydrogen-bond acceptors (Lipinski definition) is 4. The monoisotopic (exact) mass is 377 g/mol. The summed E-state index contributed by atoms with van der Waals surface area (Å²) in [6.45, 7) is 4.64. The first-order valence-corrected chi connectivity index (χ1v) is 8.65. The van der Waals surface area contributed by atoms with Gasteiger partial charge in [0.05, 0.1) is 21.6 Å². The highest BCUT2D eigenvalue weighted by Gasteiger charge is 2.32. The lowest BCUT2D eigenvalue weighted by atomic mass is 10.1. The molecule has 1 saturated carbocycles. The zero-order valence-corrected chi connectivity index (χ0v) is 14.6. The van der Waals surface area contributed by atoms with Gasteiger partial charge in [-0.1, -0.05) is 18.2 Å². The Kier molecular flexibility index (Phi) is 3.82. The van der Waals surface area contributed by atoms with Gasteiger partial charge in [-0.2, -0.15) is 0 Å². The van der Waals surface area contributed by atoms with Gasteiger partial charge in [-0.25, -0.2) is 9.18 Å². The number of anilines is 1. The Morgan fingerprint density at radius 3 is 2.65 bits per heavy atom. The summed E-state index contributed by atoms with van der Waals surface area (Å²) in [5, 5.41) is 9.38. The molecule has 26 heavy (non-hydrogen) atoms. The fourth-order valence-corrected chi connectivity index (χ4v) is 3.89. The Balaban J connectivity index is 2.02. The van der Waals surface area contributed by atoms with Crippen LogP contribution in [0.5, 0.6) is 0 Å². The van der Waals surface area contributed by atoms with E-state index in [2.05, 4.69) is 6.58 Å². The van der Waals surface area contributed by atoms with Gasteiger partial charge < -0.3 is 20.3 Å². The van der Waals surface area contributed by atoms with Crippen LogP contribution in [0.1, 0.15) is 29.2 Å². The smallest absolute Gasteiger partial charge is 0.341 e. The fourth-order valence-electron chi connectivity index (χ4n) is 3.48. The molecule has 8 heteroatoms. The molecule has 0 bridgehead atoms. The number of carboxylic acids is 1. The normalized spacial score (nSPS) is 20.2. The summed E-state index contributed by atoms with van der Waals surface area (Å²) >= 11 is 6.54. The number of nitrogens with two attached hydrogens (primary N) is 1. The van der Waals surface area contributed by atoms with Crippen molar-refractivity contribution in [2.24, 2.45) is 5.73 Å². The molecular weight excluding hydrogens is 361 g/mol. The minimum atomic E-state index is -1.34. The zero-order chi connectivity index (χ0) is 18.7. The third kappa shape index (κ3) is 2.50. The first-order chi connectivity index (χ1) is 12.3. The number of halogens is 2. The lowest BCUT2D eigenvalue weighted by Gasteiger charge is -2.22. The Morgan fingerprint density at radius 1 is 1.42 bits per heavy atom. The summed E-state index contributed by atoms with van der Waals surface area (Å²) in [7, 11) is 0. The number of aromatic carboxylic acids is 1. The van der Waals surface area contributed by atoms with E-state index in [4.69, 9.17) is 17.3 Å². The summed E-state index contributed by atoms with van der Waals surface area (Å²) in [5.74, 6) is -2.01. The predicted octanol–water partition coefficient (Wildman–Crippen LogP) is 2.53. The Bertz CT molecular complexity index is 1030. The van der Waals surface area contributed by atoms with Gasteiger partial charge in [0.25, 0.3) is 0 Å². The number of fused-ring (bicyclic) bond motifs is 1. The van der Waals surface area contributed by atoms with Crippen molar-refractivity contribution in [1.29, 1.82) is 0 Å². The molecule has 1 saturated heterocycles. The number of carbonyl (C=O) groups is 1. The summed E-state index contributed by atoms with van der Waals surface area (Å²) in [5.41, 5.74) is 6.15. The van der Waals surface area contributed by atoms with Crippen LogP contribution in [0.2, 0.25) is 5.02 Å². The molecule has 136 valence electrons. The third-order valence-electron chi connectivity index (χ3n) is 5.01. The van der Waals surface area contributed by atoms with Crippen molar-refractivity contribution >= 4 is 34.2 Å². The number of carboxylic acid groups (broad SMARTS) is 1. The number of nitrogens with zero attached hydrogens (tertiary/aromatic N) is 2. The Morgan fingerprint density at radius 2 is 2.12 bits per heavy atom. The second-order valence-electron chi connectivity index (χ2n) is 6.88. The Hall–Kier alpha value is -2.38. The van der Waals surface area contributed by atoms with Crippen LogP contribution in [0.3, 0.4) is 0 Å². The van der Waals surface area contributed by atoms with Gasteiger partial charge in [0.15, 0.2) is 0 Å². The second-order valence-corrected chi connectivity index (χ2v) is 7.26. The highest BCUT2D eigenvalue weighted by atomic mass is 35.5. The average Bonchev–Trinajstić information content (AvgIpc) is 3.35. The first-order valence-electron chi connectivity index (χ1n) is 8.28. The molecule has 0 spiro atoms. The average molecular weight is 378 g/mol. The van der Waals surface area contributed by atoms with Crippen molar-refractivity contribution in [3.63, 3.8) is 0 Å². The molecule has 2 aromatic rings. The molecule has 3 N–H and O–H groups in total. The largest absolute Gasteiger partial charge is 0.477 e. The van der Waals surface area contributed by atoms with Crippen molar-refractivity contribution in [3.05, 3.63) is 51.0 Å². The molecule has 1 aromatic carbocycles. The second kappa shape index (κ2) is 5.82. The van der Waals surface area contributed by atoms with E-state index in [0.29, 0.717) is 18.6 Å². The van der Waals surface area contributed by atoms with Crippen LogP contribution in [-0.2, 0) is 0 Å². The maximum atomic E-state index is 14.9. The first kappa shape index (κ1) is 17.1. The summed E-state index contributed by atoms with van der Waals surface area (Å²) < 4.78 is 16.5. The van der Waals surface area contributed by atoms with E-state index in [9.17, 15) is 19.1 Å². The van der Waals surface area contributed by atoms with Crippen LogP contribution < -0.4 is 16.1 Å². The fraction of sp³-hybridized carbons (Fsp3) is 0.333. The molecule has 2 aliphatic rings. The maximum absolute atomic E-state index is 14.9. The van der Waals surface area contributed by atoms with Gasteiger partial charge in [-0.15, -0.1) is 0 Å². The van der Waals surface area contributed by atoms with E-state index in [1.165, 1.54) is 6.20 Å². The van der Waals surface area contributed by atoms with Crippen LogP contribution in [0.4, 0.5) is 10.1 Å². The summed E-state index contributed by atoms with van der Waals surface area (Å²) in [4.78, 5) is 25.7. The van der Waals surface area contributed by atoms with Crippen molar-refractivity contribution in [3.8, 4) is 0 Å². The Labute approximate surface area is 153 Å². The number of rotatable bonds is 3. The topological polar surface area (TPSA) is 88.6 Å². The summed E-state index contributed by atoms with van der Waals surface area (Å²) in [6, 6.07) is 0.862. The van der Waals surface area contributed by atoms with E-state index in [-0.39, 0.29) is 33.7 Å². The standard InChI is InChI=1S/C18H17ClFN3O3/c1-8-5-22(7-13(8)21)16-12(20)4-10-15(14(16)19)23(9-2-3-9)6-11(17(10)24)18(25)26/h4,6,9,13H,1-3,5,7,21H2,(H,25,26). The van der Waals surface area contributed by atoms with E-state index in [1.807, 2.05) is 0 Å². The molecular formula is C18H17ClFN3O3. The number of pyridine rings is 1. The van der Waals surface area contributed by atoms with Crippen molar-refractivity contribution in [2.75, 3.05) is 18.0 Å². The van der Waals surface area contributed by atoms with Gasteiger partial charge in [0, 0.05) is 31.4 Å². The molecule has 2 heterocycles. The van der Waals surface area contributed by atoms with Gasteiger partial charge in [0.2, 0.25) is 5.43 Å². The van der Waals surface area contributed by atoms with Crippen LogP contribution in [0.15, 0.2) is 29.2 Å². The molecule has 1 unspecified atom stereocenters. The highest BCUT2D eigenvalue weighted by molar-refractivity contribution is 6.38. The molecule has 0 amide bonds. The lowest BCUT2D eigenvalue weighted by molar-refractivity contribution is 0.0695. The molecule has 0 radical (unpaired) electrons. The van der Waals surface area contributed by atoms with Crippen LogP contribution in [-0.4, -0.2) is 34.8 Å². The van der Waals surface area contributed by atoms with E-state index < -0.39 is 17.2 Å². The maximum Gasteiger partial charge on any atom is 0.341 e. The quantitative estimate of drug-likeness (QED) is 0.802. The third-order valence-corrected chi connectivity index (χ3v) is 5.36. The molecule has 4 rings (SSSR count). The van der Waals surface area contributed by atoms with Gasteiger partial charge >= 0.3 is 5.97 Å². The molecule has 1 atom stereocenters. The zero-order valence-electron chi connectivity index (χ0n) is 13.8. The van der Waals surface area contributed by atoms with Crippen LogP contribution in [0.25, 0.3) is 10.9 Å². The van der Waals surface area contributed by atoms with Gasteiger partial charge in [-0.05, 0) is 24.5 Å². The summed E-state index contributed by atoms with van der Waals surface area (Å²) in [6.07, 6.45) is 3.02.